The van der Waals surface area contributed by atoms with Crippen molar-refractivity contribution in [3.05, 3.63) is 29.3 Å². The zero-order valence-corrected chi connectivity index (χ0v) is 25.7. The van der Waals surface area contributed by atoms with Crippen LogP contribution in [-0.2, 0) is 41.4 Å². The van der Waals surface area contributed by atoms with E-state index < -0.39 is 0 Å². The summed E-state index contributed by atoms with van der Waals surface area (Å²) >= 11 is 0. The summed E-state index contributed by atoms with van der Waals surface area (Å²) in [6.07, 6.45) is 10.3. The number of nitrogens with zero attached hydrogens (tertiary/aromatic N) is 1. The molecule has 2 aliphatic carbocycles. The van der Waals surface area contributed by atoms with Crippen LogP contribution in [0.5, 0.6) is 5.75 Å². The first-order chi connectivity index (χ1) is 20.3. The highest BCUT2D eigenvalue weighted by Crippen LogP contribution is 2.49. The molecule has 0 N–H and O–H groups in total. The Morgan fingerprint density at radius 2 is 1.76 bits per heavy atom. The molecule has 3 saturated heterocycles. The molecule has 5 aliphatic rings. The van der Waals surface area contributed by atoms with Crippen LogP contribution < -0.4 is 4.74 Å². The fraction of sp³-hybridized carbons (Fsp3) is 0.735. The van der Waals surface area contributed by atoms with Gasteiger partial charge >= 0.3 is 17.9 Å². The highest BCUT2D eigenvalue weighted by Gasteiger charge is 2.47. The smallest absolute Gasteiger partial charge is 0.344 e. The van der Waals surface area contributed by atoms with Crippen molar-refractivity contribution in [2.75, 3.05) is 26.2 Å². The second-order valence-corrected chi connectivity index (χ2v) is 13.0. The van der Waals surface area contributed by atoms with E-state index in [1.165, 1.54) is 19.4 Å². The number of piperidine rings is 3. The van der Waals surface area contributed by atoms with E-state index >= 15 is 0 Å². The maximum absolute atomic E-state index is 12.7. The van der Waals surface area contributed by atoms with E-state index in [4.69, 9.17) is 18.9 Å². The van der Waals surface area contributed by atoms with Crippen LogP contribution in [0.2, 0.25) is 0 Å². The molecule has 1 aromatic carbocycles. The van der Waals surface area contributed by atoms with Crippen LogP contribution >= 0.6 is 0 Å². The maximum atomic E-state index is 12.7. The third-order valence-electron chi connectivity index (χ3n) is 10.1. The second kappa shape index (κ2) is 14.2. The number of unbranched alkanes of at least 4 members (excludes halogenated alkanes) is 2. The highest BCUT2D eigenvalue weighted by atomic mass is 16.6. The molecule has 3 aliphatic heterocycles. The molecular formula is C34H49NO7. The molecule has 0 spiro atoms. The first kappa shape index (κ1) is 30.8. The van der Waals surface area contributed by atoms with Crippen LogP contribution in [0, 0.1) is 23.7 Å². The fourth-order valence-electron chi connectivity index (χ4n) is 8.14. The van der Waals surface area contributed by atoms with Crippen LogP contribution in [-0.4, -0.2) is 67.4 Å². The molecule has 0 radical (unpaired) electrons. The van der Waals surface area contributed by atoms with Gasteiger partial charge in [0.25, 0.3) is 0 Å². The number of hydrogen-bond acceptors (Lipinski definition) is 8. The van der Waals surface area contributed by atoms with E-state index in [0.29, 0.717) is 17.8 Å². The zero-order chi connectivity index (χ0) is 29.6. The van der Waals surface area contributed by atoms with Gasteiger partial charge in [0.15, 0.2) is 6.61 Å². The third kappa shape index (κ3) is 7.66. The Hall–Kier alpha value is -2.61. The molecule has 0 amide bonds. The molecule has 6 rings (SSSR count). The van der Waals surface area contributed by atoms with Crippen molar-refractivity contribution < 1.29 is 33.3 Å². The summed E-state index contributed by atoms with van der Waals surface area (Å²) in [5.74, 6) is 1.43. The van der Waals surface area contributed by atoms with E-state index in [0.717, 1.165) is 102 Å². The van der Waals surface area contributed by atoms with Gasteiger partial charge in [0, 0.05) is 20.4 Å². The quantitative estimate of drug-likeness (QED) is 0.176. The van der Waals surface area contributed by atoms with Crippen molar-refractivity contribution in [3.8, 4) is 5.75 Å². The standard InChI is InChI=1S/C34H49NO7/c1-4-5-6-9-27(40-22(2)36)11-12-28-29-17-25-8-7-10-31(30(25)18-26(29)19-32(28)41-23(3)37)39-21-34(38)42-33-20-35-15-13-24(33)14-16-35/h7-8,10,24,26-29,32-33H,4-6,9,11-21H2,1-3H3. The number of esters is 3. The summed E-state index contributed by atoms with van der Waals surface area (Å²) in [7, 11) is 0. The first-order valence-electron chi connectivity index (χ1n) is 16.3. The minimum atomic E-state index is -0.294. The van der Waals surface area contributed by atoms with Gasteiger partial charge in [-0.1, -0.05) is 31.9 Å². The van der Waals surface area contributed by atoms with Crippen molar-refractivity contribution in [3.63, 3.8) is 0 Å². The molecule has 6 unspecified atom stereocenters. The third-order valence-corrected chi connectivity index (χ3v) is 10.1. The van der Waals surface area contributed by atoms with E-state index in [1.54, 1.807) is 0 Å². The number of carbonyl (C=O) groups is 3. The van der Waals surface area contributed by atoms with E-state index in [2.05, 4.69) is 17.9 Å². The van der Waals surface area contributed by atoms with Gasteiger partial charge in [0.2, 0.25) is 0 Å². The zero-order valence-electron chi connectivity index (χ0n) is 25.7. The van der Waals surface area contributed by atoms with Crippen LogP contribution in [0.15, 0.2) is 18.2 Å². The maximum Gasteiger partial charge on any atom is 0.344 e. The summed E-state index contributed by atoms with van der Waals surface area (Å²) in [5, 5.41) is 0. The van der Waals surface area contributed by atoms with Gasteiger partial charge in [-0.05, 0) is 112 Å². The summed E-state index contributed by atoms with van der Waals surface area (Å²) in [4.78, 5) is 38.9. The Bertz CT molecular complexity index is 1100. The van der Waals surface area contributed by atoms with E-state index in [1.807, 2.05) is 12.1 Å². The number of benzene rings is 1. The van der Waals surface area contributed by atoms with Gasteiger partial charge in [-0.3, -0.25) is 14.5 Å². The average Bonchev–Trinajstić information content (AvgIpc) is 3.28. The van der Waals surface area contributed by atoms with E-state index in [9.17, 15) is 14.4 Å². The Kier molecular flexibility index (Phi) is 10.5. The molecule has 1 aromatic rings. The molecule has 42 heavy (non-hydrogen) atoms. The number of ether oxygens (including phenoxy) is 4. The van der Waals surface area contributed by atoms with Gasteiger partial charge in [-0.25, -0.2) is 4.79 Å². The molecule has 232 valence electrons. The lowest BCUT2D eigenvalue weighted by Crippen LogP contribution is -2.52. The lowest BCUT2D eigenvalue weighted by molar-refractivity contribution is -0.161. The average molecular weight is 584 g/mol. The molecule has 0 aromatic heterocycles. The molecule has 8 heteroatoms. The monoisotopic (exact) mass is 583 g/mol. The Morgan fingerprint density at radius 3 is 2.45 bits per heavy atom. The van der Waals surface area contributed by atoms with Crippen LogP contribution in [0.4, 0.5) is 0 Å². The molecule has 3 heterocycles. The van der Waals surface area contributed by atoms with Gasteiger partial charge in [0.1, 0.15) is 24.1 Å². The number of fused-ring (bicyclic) bond motifs is 5. The molecule has 1 saturated carbocycles. The number of carbonyl (C=O) groups excluding carboxylic acids is 3. The summed E-state index contributed by atoms with van der Waals surface area (Å²) < 4.78 is 23.5. The molecule has 8 nitrogen and oxygen atoms in total. The minimum Gasteiger partial charge on any atom is -0.482 e. The fourth-order valence-corrected chi connectivity index (χ4v) is 8.14. The lowest BCUT2D eigenvalue weighted by Gasteiger charge is -2.43. The lowest BCUT2D eigenvalue weighted by atomic mass is 9.73. The topological polar surface area (TPSA) is 91.4 Å². The van der Waals surface area contributed by atoms with Crippen LogP contribution in [0.25, 0.3) is 0 Å². The van der Waals surface area contributed by atoms with Gasteiger partial charge < -0.3 is 18.9 Å². The van der Waals surface area contributed by atoms with Crippen molar-refractivity contribution >= 4 is 17.9 Å². The van der Waals surface area contributed by atoms with Gasteiger partial charge in [-0.2, -0.15) is 0 Å². The van der Waals surface area contributed by atoms with Crippen LogP contribution in [0.3, 0.4) is 0 Å². The largest absolute Gasteiger partial charge is 0.482 e. The van der Waals surface area contributed by atoms with Gasteiger partial charge in [0.05, 0.1) is 0 Å². The molecule has 6 atom stereocenters. The summed E-state index contributed by atoms with van der Waals surface area (Å²) in [6, 6.07) is 6.12. The summed E-state index contributed by atoms with van der Waals surface area (Å²) in [6.45, 7) is 8.12. The first-order valence-corrected chi connectivity index (χ1v) is 16.3. The molecule has 4 fully saturated rings. The van der Waals surface area contributed by atoms with Crippen molar-refractivity contribution in [2.24, 2.45) is 23.7 Å². The van der Waals surface area contributed by atoms with Gasteiger partial charge in [-0.15, -0.1) is 0 Å². The SMILES string of the molecule is CCCCCC(CCC1C(OC(C)=O)CC2Cc3c(cccc3OCC(=O)OC3CN4CCC3CC4)CC21)OC(C)=O. The highest BCUT2D eigenvalue weighted by molar-refractivity contribution is 5.71. The minimum absolute atomic E-state index is 0.0187. The molecule has 2 bridgehead atoms. The van der Waals surface area contributed by atoms with Crippen molar-refractivity contribution in [1.82, 2.24) is 4.90 Å². The van der Waals surface area contributed by atoms with E-state index in [-0.39, 0.29) is 48.7 Å². The Balaban J connectivity index is 1.22. The predicted octanol–water partition coefficient (Wildman–Crippen LogP) is 5.28. The van der Waals surface area contributed by atoms with Crippen molar-refractivity contribution in [1.29, 1.82) is 0 Å². The number of hydrogen-bond donors (Lipinski definition) is 0. The normalized spacial score (nSPS) is 30.1. The summed E-state index contributed by atoms with van der Waals surface area (Å²) in [5.41, 5.74) is 2.40. The van der Waals surface area contributed by atoms with Crippen molar-refractivity contribution in [2.45, 2.75) is 110 Å². The Labute approximate surface area is 250 Å². The predicted molar refractivity (Wildman–Crippen MR) is 158 cm³/mol. The Morgan fingerprint density at radius 1 is 0.952 bits per heavy atom. The molecular weight excluding hydrogens is 534 g/mol. The second-order valence-electron chi connectivity index (χ2n) is 13.0. The number of rotatable bonds is 13. The van der Waals surface area contributed by atoms with Crippen LogP contribution in [0.1, 0.15) is 89.7 Å².